The second-order valence-corrected chi connectivity index (χ2v) is 18.7. The Morgan fingerprint density at radius 1 is 0.385 bits per heavy atom. The lowest BCUT2D eigenvalue weighted by molar-refractivity contribution is 0.568. The average Bonchev–Trinajstić information content (AvgIpc) is 3.08. The van der Waals surface area contributed by atoms with Gasteiger partial charge in [-0.1, -0.05) is 180 Å². The zero-order valence-corrected chi connectivity index (χ0v) is 33.4. The molecule has 0 aliphatic heterocycles. The second kappa shape index (κ2) is 12.9. The highest BCUT2D eigenvalue weighted by Gasteiger charge is 2.27. The van der Waals surface area contributed by atoms with Crippen LogP contribution in [-0.4, -0.2) is 0 Å². The SMILES string of the molecule is C#Cc1c(-c2cc(C(C)(C)C)cc(C(C)(C)C)c2)cc2ccccc2c1-c1c(C#C)c(-c2cc(C(C)(C)C)cc(C(C)(C)C)c2)cc2ccccc12. The minimum absolute atomic E-state index is 0.0410. The van der Waals surface area contributed by atoms with E-state index in [2.05, 4.69) is 192 Å². The van der Waals surface area contributed by atoms with E-state index >= 15 is 0 Å². The van der Waals surface area contributed by atoms with Crippen molar-refractivity contribution in [3.05, 3.63) is 130 Å². The normalized spacial score (nSPS) is 12.6. The molecule has 6 aromatic carbocycles. The lowest BCUT2D eigenvalue weighted by Crippen LogP contribution is -2.16. The lowest BCUT2D eigenvalue weighted by atomic mass is 9.76. The van der Waals surface area contributed by atoms with Crippen molar-refractivity contribution in [3.8, 4) is 58.1 Å². The Bertz CT molecular complexity index is 2200. The molecule has 0 spiro atoms. The first kappa shape index (κ1) is 36.7. The average molecular weight is 679 g/mol. The smallest absolute Gasteiger partial charge is 0.0406 e. The summed E-state index contributed by atoms with van der Waals surface area (Å²) in [7, 11) is 0. The number of fused-ring (bicyclic) bond motifs is 2. The Morgan fingerprint density at radius 2 is 0.673 bits per heavy atom. The van der Waals surface area contributed by atoms with Gasteiger partial charge in [0.1, 0.15) is 0 Å². The van der Waals surface area contributed by atoms with E-state index in [1.54, 1.807) is 0 Å². The van der Waals surface area contributed by atoms with Gasteiger partial charge >= 0.3 is 0 Å². The maximum absolute atomic E-state index is 6.68. The predicted octanol–water partition coefficient (Wildman–Crippen LogP) is 14.1. The van der Waals surface area contributed by atoms with Gasteiger partial charge in [0.2, 0.25) is 0 Å². The number of hydrogen-bond donors (Lipinski definition) is 0. The van der Waals surface area contributed by atoms with Crippen LogP contribution in [0.15, 0.2) is 97.1 Å². The van der Waals surface area contributed by atoms with E-state index < -0.39 is 0 Å². The van der Waals surface area contributed by atoms with Crippen LogP contribution in [0.3, 0.4) is 0 Å². The first-order valence-electron chi connectivity index (χ1n) is 18.6. The van der Waals surface area contributed by atoms with Gasteiger partial charge in [0, 0.05) is 22.3 Å². The molecular formula is C52H54. The first-order chi connectivity index (χ1) is 24.2. The van der Waals surface area contributed by atoms with Gasteiger partial charge in [0.05, 0.1) is 0 Å². The van der Waals surface area contributed by atoms with Gasteiger partial charge in [0.15, 0.2) is 0 Å². The summed E-state index contributed by atoms with van der Waals surface area (Å²) in [6.07, 6.45) is 13.4. The second-order valence-electron chi connectivity index (χ2n) is 18.7. The molecule has 0 atom stereocenters. The van der Waals surface area contributed by atoms with Crippen molar-refractivity contribution < 1.29 is 0 Å². The van der Waals surface area contributed by atoms with Crippen LogP contribution < -0.4 is 0 Å². The molecule has 0 radical (unpaired) electrons. The van der Waals surface area contributed by atoms with Crippen LogP contribution in [0.2, 0.25) is 0 Å². The van der Waals surface area contributed by atoms with Crippen LogP contribution in [0.1, 0.15) is 116 Å². The molecule has 0 aliphatic rings. The van der Waals surface area contributed by atoms with Gasteiger partial charge in [0.25, 0.3) is 0 Å². The molecule has 0 bridgehead atoms. The van der Waals surface area contributed by atoms with E-state index in [1.807, 2.05) is 0 Å². The fourth-order valence-electron chi connectivity index (χ4n) is 7.27. The van der Waals surface area contributed by atoms with E-state index in [0.29, 0.717) is 0 Å². The summed E-state index contributed by atoms with van der Waals surface area (Å²) in [4.78, 5) is 0. The monoisotopic (exact) mass is 678 g/mol. The van der Waals surface area contributed by atoms with Crippen molar-refractivity contribution in [2.24, 2.45) is 0 Å². The summed E-state index contributed by atoms with van der Waals surface area (Å²) in [6.45, 7) is 27.4. The summed E-state index contributed by atoms with van der Waals surface area (Å²) in [5.74, 6) is 6.47. The van der Waals surface area contributed by atoms with E-state index in [1.165, 1.54) is 22.3 Å². The Hall–Kier alpha value is -5.04. The van der Waals surface area contributed by atoms with Gasteiger partial charge in [-0.05, 0) is 99.8 Å². The largest absolute Gasteiger partial charge is 0.115 e. The lowest BCUT2D eigenvalue weighted by Gasteiger charge is -2.27. The fourth-order valence-corrected chi connectivity index (χ4v) is 7.27. The molecule has 6 rings (SSSR count). The van der Waals surface area contributed by atoms with Gasteiger partial charge in [-0.2, -0.15) is 0 Å². The Labute approximate surface area is 313 Å². The fraction of sp³-hybridized carbons (Fsp3) is 0.308. The molecule has 0 heteroatoms. The Morgan fingerprint density at radius 3 is 0.942 bits per heavy atom. The van der Waals surface area contributed by atoms with Crippen LogP contribution in [0.25, 0.3) is 54.9 Å². The van der Waals surface area contributed by atoms with Crippen molar-refractivity contribution in [3.63, 3.8) is 0 Å². The predicted molar refractivity (Wildman–Crippen MR) is 228 cm³/mol. The van der Waals surface area contributed by atoms with E-state index in [9.17, 15) is 0 Å². The third-order valence-corrected chi connectivity index (χ3v) is 10.6. The molecule has 0 fully saturated rings. The van der Waals surface area contributed by atoms with Crippen LogP contribution in [0.4, 0.5) is 0 Å². The van der Waals surface area contributed by atoms with Gasteiger partial charge < -0.3 is 0 Å². The molecule has 0 unspecified atom stereocenters. The van der Waals surface area contributed by atoms with Gasteiger partial charge in [-0.25, -0.2) is 0 Å². The molecule has 0 nitrogen and oxygen atoms in total. The molecule has 0 saturated heterocycles. The topological polar surface area (TPSA) is 0 Å². The maximum atomic E-state index is 6.68. The highest BCUT2D eigenvalue weighted by molar-refractivity contribution is 6.13. The molecule has 0 aliphatic carbocycles. The summed E-state index contributed by atoms with van der Waals surface area (Å²) >= 11 is 0. The van der Waals surface area contributed by atoms with Gasteiger partial charge in [-0.15, -0.1) is 12.8 Å². The first-order valence-corrected chi connectivity index (χ1v) is 18.6. The summed E-state index contributed by atoms with van der Waals surface area (Å²) < 4.78 is 0. The summed E-state index contributed by atoms with van der Waals surface area (Å²) in [5.41, 5.74) is 13.1. The number of benzene rings is 6. The van der Waals surface area contributed by atoms with E-state index in [4.69, 9.17) is 12.8 Å². The van der Waals surface area contributed by atoms with Gasteiger partial charge in [-0.3, -0.25) is 0 Å². The Balaban J connectivity index is 1.81. The highest BCUT2D eigenvalue weighted by atomic mass is 14.3. The van der Waals surface area contributed by atoms with Crippen molar-refractivity contribution in [2.75, 3.05) is 0 Å². The van der Waals surface area contributed by atoms with Crippen molar-refractivity contribution in [1.82, 2.24) is 0 Å². The maximum Gasteiger partial charge on any atom is 0.0406 e. The van der Waals surface area contributed by atoms with E-state index in [0.717, 1.165) is 66.1 Å². The van der Waals surface area contributed by atoms with E-state index in [-0.39, 0.29) is 21.7 Å². The number of hydrogen-bond acceptors (Lipinski definition) is 0. The number of terminal acetylenes is 2. The molecule has 0 heterocycles. The standard InChI is InChI=1S/C52H54/c1-15-41-45(35-25-37(49(3,4)5)31-38(26-35)50(6,7)8)29-33-21-17-19-23-43(33)47(41)48-42(16-2)46(30-34-22-18-20-24-44(34)48)36-27-39(51(9,10)11)32-40(28-36)52(12,13)14/h1-2,17-32H,3-14H3. The molecule has 0 aromatic heterocycles. The van der Waals surface area contributed by atoms with Crippen molar-refractivity contribution >= 4 is 21.5 Å². The van der Waals surface area contributed by atoms with Crippen LogP contribution in [0.5, 0.6) is 0 Å². The molecular weight excluding hydrogens is 625 g/mol. The highest BCUT2D eigenvalue weighted by Crippen LogP contribution is 2.47. The molecule has 262 valence electrons. The summed E-state index contributed by atoms with van der Waals surface area (Å²) in [6, 6.07) is 35.9. The minimum Gasteiger partial charge on any atom is -0.115 e. The van der Waals surface area contributed by atoms with Crippen LogP contribution in [-0.2, 0) is 21.7 Å². The molecule has 0 N–H and O–H groups in total. The zero-order chi connectivity index (χ0) is 38.0. The van der Waals surface area contributed by atoms with Crippen molar-refractivity contribution in [2.45, 2.75) is 105 Å². The molecule has 6 aromatic rings. The molecule has 52 heavy (non-hydrogen) atoms. The van der Waals surface area contributed by atoms with Crippen molar-refractivity contribution in [1.29, 1.82) is 0 Å². The number of rotatable bonds is 3. The molecule has 0 amide bonds. The van der Waals surface area contributed by atoms with Crippen LogP contribution in [0, 0.1) is 24.7 Å². The minimum atomic E-state index is -0.0410. The third-order valence-electron chi connectivity index (χ3n) is 10.6. The zero-order valence-electron chi connectivity index (χ0n) is 33.4. The summed E-state index contributed by atoms with van der Waals surface area (Å²) in [5, 5.41) is 4.46. The Kier molecular flexibility index (Phi) is 9.09. The molecule has 0 saturated carbocycles. The van der Waals surface area contributed by atoms with Crippen LogP contribution >= 0.6 is 0 Å². The quantitative estimate of drug-likeness (QED) is 0.163. The third kappa shape index (κ3) is 6.81.